The van der Waals surface area contributed by atoms with Crippen molar-refractivity contribution in [2.24, 2.45) is 0 Å². The molecule has 0 bridgehead atoms. The van der Waals surface area contributed by atoms with Crippen LogP contribution in [0, 0.1) is 13.8 Å². The topological polar surface area (TPSA) is 50.9 Å². The summed E-state index contributed by atoms with van der Waals surface area (Å²) >= 11 is 0. The molecule has 10 rings (SSSR count). The maximum atomic E-state index is 12.6. The van der Waals surface area contributed by atoms with Gasteiger partial charge >= 0.3 is 0 Å². The van der Waals surface area contributed by atoms with Crippen molar-refractivity contribution in [1.82, 2.24) is 14.5 Å². The third-order valence-corrected chi connectivity index (χ3v) is 13.7. The number of hydrogen-bond acceptors (Lipinski definition) is 3. The number of rotatable bonds is 10. The van der Waals surface area contributed by atoms with Crippen molar-refractivity contribution >= 4 is 11.0 Å². The van der Waals surface area contributed by atoms with Crippen LogP contribution in [-0.2, 0) is 5.41 Å². The van der Waals surface area contributed by atoms with E-state index in [-0.39, 0.29) is 11.2 Å². The molecule has 346 valence electrons. The van der Waals surface area contributed by atoms with Crippen LogP contribution in [0.1, 0.15) is 90.8 Å². The molecular formula is C66H61N3O. The Morgan fingerprint density at radius 3 is 1.81 bits per heavy atom. The van der Waals surface area contributed by atoms with Gasteiger partial charge in [-0.1, -0.05) is 181 Å². The minimum atomic E-state index is -1.19. The van der Waals surface area contributed by atoms with E-state index in [1.54, 1.807) is 13.8 Å². The molecule has 0 unspecified atom stereocenters. The molecule has 0 saturated heterocycles. The summed E-state index contributed by atoms with van der Waals surface area (Å²) in [5, 5.41) is 12.6. The molecule has 1 N–H and O–H groups in total. The van der Waals surface area contributed by atoms with Crippen molar-refractivity contribution in [2.45, 2.75) is 79.5 Å². The van der Waals surface area contributed by atoms with Crippen LogP contribution in [0.4, 0.5) is 0 Å². The third-order valence-electron chi connectivity index (χ3n) is 13.7. The van der Waals surface area contributed by atoms with Gasteiger partial charge < -0.3 is 5.11 Å². The lowest BCUT2D eigenvalue weighted by molar-refractivity contribution is 0.466. The van der Waals surface area contributed by atoms with E-state index in [4.69, 9.17) is 9.97 Å². The number of fused-ring (bicyclic) bond motifs is 1. The summed E-state index contributed by atoms with van der Waals surface area (Å²) in [5.74, 6) is -1.76. The molecule has 0 saturated carbocycles. The molecule has 0 radical (unpaired) electrons. The van der Waals surface area contributed by atoms with Crippen LogP contribution < -0.4 is 0 Å². The number of aromatic nitrogens is 3. The Kier molecular flexibility index (Phi) is 11.5. The molecule has 4 heteroatoms. The number of benzene rings is 8. The third kappa shape index (κ3) is 8.87. The first-order valence-electron chi connectivity index (χ1n) is 25.3. The number of nitrogens with zero attached hydrogens (tertiary/aromatic N) is 3. The van der Waals surface area contributed by atoms with E-state index in [0.29, 0.717) is 22.5 Å². The number of aromatic hydroxyl groups is 1. The average molecular weight is 914 g/mol. The van der Waals surface area contributed by atoms with Gasteiger partial charge in [-0.15, -0.1) is 0 Å². The predicted molar refractivity (Wildman–Crippen MR) is 295 cm³/mol. The fraction of sp³-hybridized carbons (Fsp3) is 0.182. The Balaban J connectivity index is 1.30. The summed E-state index contributed by atoms with van der Waals surface area (Å²) in [6, 6.07) is 63.9. The van der Waals surface area contributed by atoms with E-state index in [1.165, 1.54) is 11.1 Å². The van der Waals surface area contributed by atoms with Crippen molar-refractivity contribution in [2.75, 3.05) is 0 Å². The number of phenolic OH excluding ortho intramolecular Hbond substituents is 1. The van der Waals surface area contributed by atoms with Gasteiger partial charge in [-0.05, 0) is 152 Å². The molecule has 4 nitrogen and oxygen atoms in total. The van der Waals surface area contributed by atoms with Crippen LogP contribution in [0.3, 0.4) is 0 Å². The van der Waals surface area contributed by atoms with Gasteiger partial charge in [-0.25, -0.2) is 4.98 Å². The van der Waals surface area contributed by atoms with E-state index in [1.807, 2.05) is 44.3 Å². The van der Waals surface area contributed by atoms with Crippen molar-refractivity contribution in [3.8, 4) is 89.7 Å². The van der Waals surface area contributed by atoms with Gasteiger partial charge in [0.1, 0.15) is 11.6 Å². The molecule has 0 aliphatic carbocycles. The lowest BCUT2D eigenvalue weighted by atomic mass is 9.85. The molecule has 70 heavy (non-hydrogen) atoms. The second-order valence-electron chi connectivity index (χ2n) is 20.2. The molecule has 0 amide bonds. The molecule has 0 atom stereocenters. The highest BCUT2D eigenvalue weighted by Crippen LogP contribution is 2.46. The van der Waals surface area contributed by atoms with E-state index in [0.717, 1.165) is 89.2 Å². The summed E-state index contributed by atoms with van der Waals surface area (Å²) in [7, 11) is 0. The van der Waals surface area contributed by atoms with Gasteiger partial charge in [0, 0.05) is 25.6 Å². The number of para-hydroxylation sites is 1. The van der Waals surface area contributed by atoms with Gasteiger partial charge in [-0.3, -0.25) is 9.55 Å². The van der Waals surface area contributed by atoms with Gasteiger partial charge in [0.2, 0.25) is 0 Å². The van der Waals surface area contributed by atoms with Crippen LogP contribution in [-0.4, -0.2) is 19.6 Å². The molecule has 10 aromatic rings. The number of hydrogen-bond donors (Lipinski definition) is 1. The summed E-state index contributed by atoms with van der Waals surface area (Å²) < 4.78 is 20.8. The van der Waals surface area contributed by atoms with Crippen LogP contribution in [0.15, 0.2) is 188 Å². The van der Waals surface area contributed by atoms with Crippen molar-refractivity contribution in [1.29, 1.82) is 0 Å². The fourth-order valence-corrected chi connectivity index (χ4v) is 9.66. The molecule has 0 fully saturated rings. The lowest BCUT2D eigenvalue weighted by Crippen LogP contribution is -2.10. The van der Waals surface area contributed by atoms with Crippen LogP contribution in [0.5, 0.6) is 5.75 Å². The zero-order valence-electron chi connectivity index (χ0n) is 43.7. The molecular weight excluding hydrogens is 851 g/mol. The Bertz CT molecular complexity index is 3630. The number of pyridine rings is 1. The SMILES string of the molecule is [2H]C(C)(C)c1cc(-c2nc3c(-c4cc(-c5ccccc5)cc(-c5cc(-c6ccc(C)cc6)ccn5)c4)cccc3n2-c2cc(-c3ccccc3)c(C)cc2-c2ccc(C(C)(C)C)cc2)c(O)c(C([2H])(C)C)c1. The first kappa shape index (κ1) is 43.5. The fourth-order valence-electron chi connectivity index (χ4n) is 9.66. The minimum Gasteiger partial charge on any atom is -0.507 e. The summed E-state index contributed by atoms with van der Waals surface area (Å²) in [6.45, 7) is 18.2. The zero-order chi connectivity index (χ0) is 50.7. The molecule has 0 spiro atoms. The van der Waals surface area contributed by atoms with E-state index in [9.17, 15) is 7.85 Å². The smallest absolute Gasteiger partial charge is 0.149 e. The molecule has 0 aliphatic rings. The Hall–Kier alpha value is -7.82. The highest BCUT2D eigenvalue weighted by molar-refractivity contribution is 5.99. The first-order valence-corrected chi connectivity index (χ1v) is 24.3. The number of imidazole rings is 1. The van der Waals surface area contributed by atoms with Crippen molar-refractivity contribution in [3.05, 3.63) is 216 Å². The molecule has 0 aliphatic heterocycles. The first-order chi connectivity index (χ1) is 34.3. The summed E-state index contributed by atoms with van der Waals surface area (Å²) in [6.07, 6.45) is 1.89. The van der Waals surface area contributed by atoms with E-state index >= 15 is 0 Å². The monoisotopic (exact) mass is 913 g/mol. The summed E-state index contributed by atoms with van der Waals surface area (Å²) in [4.78, 5) is 10.6. The van der Waals surface area contributed by atoms with Crippen LogP contribution >= 0.6 is 0 Å². The maximum Gasteiger partial charge on any atom is 0.149 e. The minimum absolute atomic E-state index is 0.0273. The van der Waals surface area contributed by atoms with Gasteiger partial charge in [0.05, 0.1) is 28.0 Å². The maximum absolute atomic E-state index is 12.6. The highest BCUT2D eigenvalue weighted by Gasteiger charge is 2.26. The average Bonchev–Trinajstić information content (AvgIpc) is 3.75. The second kappa shape index (κ2) is 18.6. The quantitative estimate of drug-likeness (QED) is 0.149. The van der Waals surface area contributed by atoms with Crippen molar-refractivity contribution < 1.29 is 7.85 Å². The van der Waals surface area contributed by atoms with Crippen LogP contribution in [0.2, 0.25) is 0 Å². The molecule has 2 heterocycles. The number of phenols is 1. The van der Waals surface area contributed by atoms with Crippen LogP contribution in [0.25, 0.3) is 95.0 Å². The Morgan fingerprint density at radius 2 is 1.14 bits per heavy atom. The predicted octanol–water partition coefficient (Wildman–Crippen LogP) is 18.0. The Labute approximate surface area is 416 Å². The largest absolute Gasteiger partial charge is 0.507 e. The molecule has 2 aromatic heterocycles. The normalized spacial score (nSPS) is 12.5. The van der Waals surface area contributed by atoms with Gasteiger partial charge in [0.15, 0.2) is 0 Å². The van der Waals surface area contributed by atoms with E-state index < -0.39 is 11.8 Å². The van der Waals surface area contributed by atoms with Gasteiger partial charge in [0.25, 0.3) is 0 Å². The number of aryl methyl sites for hydroxylation is 2. The van der Waals surface area contributed by atoms with Gasteiger partial charge in [-0.2, -0.15) is 0 Å². The van der Waals surface area contributed by atoms with E-state index in [2.05, 4.69) is 197 Å². The highest BCUT2D eigenvalue weighted by atomic mass is 16.3. The van der Waals surface area contributed by atoms with Crippen molar-refractivity contribution in [3.63, 3.8) is 0 Å². The zero-order valence-corrected chi connectivity index (χ0v) is 41.7. The second-order valence-corrected chi connectivity index (χ2v) is 20.2. The standard InChI is InChI=1S/C66H61N3O/c1-41(2)50-37-56(42(3)4)64(70)59(38-50)65-68-63-55(52-34-51(45-17-12-10-13-18-45)35-53(36-52)60-39-49(31-32-67-60)46-25-23-43(5)24-26-46)21-16-22-61(63)69(65)62-40-57(47-19-14-11-15-20-47)44(6)33-58(62)48-27-29-54(30-28-48)66(7,8)9/h10-42,70H,1-9H3/i41D,42D. The summed E-state index contributed by atoms with van der Waals surface area (Å²) in [5.41, 5.74) is 19.8. The molecule has 8 aromatic carbocycles. The Morgan fingerprint density at radius 1 is 0.514 bits per heavy atom. The lowest BCUT2D eigenvalue weighted by Gasteiger charge is -2.22.